The highest BCUT2D eigenvalue weighted by atomic mass is 16.6. The van der Waals surface area contributed by atoms with Crippen molar-refractivity contribution in [2.45, 2.75) is 6.42 Å². The first-order valence-electron chi connectivity index (χ1n) is 11.5. The quantitative estimate of drug-likeness (QED) is 0.158. The lowest BCUT2D eigenvalue weighted by atomic mass is 9.63. The minimum atomic E-state index is -0.734. The first-order valence-corrected chi connectivity index (χ1v) is 11.5. The summed E-state index contributed by atoms with van der Waals surface area (Å²) in [7, 11) is 0. The van der Waals surface area contributed by atoms with Gasteiger partial charge in [0.15, 0.2) is 12.4 Å². The van der Waals surface area contributed by atoms with Crippen LogP contribution in [-0.2, 0) is 14.3 Å². The number of carbonyl (C=O) groups is 4. The van der Waals surface area contributed by atoms with Crippen molar-refractivity contribution in [2.24, 2.45) is 35.5 Å². The third kappa shape index (κ3) is 3.30. The number of allylic oxidation sites excluding steroid dienone is 2. The predicted molar refractivity (Wildman–Crippen MR) is 121 cm³/mol. The van der Waals surface area contributed by atoms with Gasteiger partial charge in [0.25, 0.3) is 5.69 Å². The van der Waals surface area contributed by atoms with Crippen LogP contribution in [0, 0.1) is 45.6 Å². The Morgan fingerprint density at radius 3 is 1.97 bits per heavy atom. The molecule has 4 aliphatic carbocycles. The highest BCUT2D eigenvalue weighted by Crippen LogP contribution is 2.65. The summed E-state index contributed by atoms with van der Waals surface area (Å²) in [5, 5.41) is 10.7. The highest BCUT2D eigenvalue weighted by molar-refractivity contribution is 6.22. The Kier molecular flexibility index (Phi) is 4.70. The van der Waals surface area contributed by atoms with E-state index in [1.165, 1.54) is 53.4 Å². The van der Waals surface area contributed by atoms with Gasteiger partial charge >= 0.3 is 5.97 Å². The second-order valence-electron chi connectivity index (χ2n) is 9.52. The van der Waals surface area contributed by atoms with Crippen molar-refractivity contribution >= 4 is 34.9 Å². The molecule has 2 amide bonds. The number of ether oxygens (including phenoxy) is 1. The number of nitrogens with zero attached hydrogens (tertiary/aromatic N) is 2. The lowest BCUT2D eigenvalue weighted by Gasteiger charge is -2.37. The molecule has 2 saturated carbocycles. The number of anilines is 1. The molecule has 5 aliphatic rings. The Labute approximate surface area is 199 Å². The first kappa shape index (κ1) is 21.4. The molecule has 0 unspecified atom stereocenters. The molecule has 176 valence electrons. The zero-order chi connectivity index (χ0) is 24.4. The number of nitro groups is 1. The van der Waals surface area contributed by atoms with Crippen LogP contribution in [0.5, 0.6) is 0 Å². The molecule has 0 aromatic heterocycles. The summed E-state index contributed by atoms with van der Waals surface area (Å²) in [6, 6.07) is 11.0. The van der Waals surface area contributed by atoms with E-state index in [4.69, 9.17) is 4.74 Å². The van der Waals surface area contributed by atoms with Crippen LogP contribution in [0.3, 0.4) is 0 Å². The molecular weight excluding hydrogens is 452 g/mol. The van der Waals surface area contributed by atoms with Crippen LogP contribution >= 0.6 is 0 Å². The molecule has 9 heteroatoms. The number of hydrogen-bond donors (Lipinski definition) is 0. The van der Waals surface area contributed by atoms with E-state index in [-0.39, 0.29) is 52.3 Å². The Hall–Kier alpha value is -4.14. The van der Waals surface area contributed by atoms with Gasteiger partial charge in [-0.3, -0.25) is 29.4 Å². The predicted octanol–water partition coefficient (Wildman–Crippen LogP) is 3.19. The van der Waals surface area contributed by atoms with Crippen LogP contribution in [0.15, 0.2) is 60.7 Å². The number of nitro benzene ring substituents is 1. The zero-order valence-corrected chi connectivity index (χ0v) is 18.4. The van der Waals surface area contributed by atoms with Crippen LogP contribution < -0.4 is 4.90 Å². The average molecular weight is 472 g/mol. The fraction of sp³-hybridized carbons (Fsp3) is 0.308. The third-order valence-electron chi connectivity index (χ3n) is 7.76. The standard InChI is InChI=1S/C26H20N2O7/c29-21(13-1-7-16(8-2-13)28(33)34)12-35-26(32)14-3-5-15(6-4-14)27-24(30)22-17-9-10-18(20-11-19(17)20)23(22)25(27)31/h1-10,17-20,22-23H,11-12H2/t17-,18-,19-,20+,22+,23+/m0/s1. The normalized spacial score (nSPS) is 29.5. The molecular formula is C26H20N2O7. The Bertz CT molecular complexity index is 1280. The lowest BCUT2D eigenvalue weighted by molar-refractivity contribution is -0.384. The number of hydrogen-bond acceptors (Lipinski definition) is 7. The first-order chi connectivity index (χ1) is 16.8. The van der Waals surface area contributed by atoms with Gasteiger partial charge in [0.05, 0.1) is 28.0 Å². The summed E-state index contributed by atoms with van der Waals surface area (Å²) in [6.45, 7) is -0.525. The van der Waals surface area contributed by atoms with Crippen molar-refractivity contribution in [1.29, 1.82) is 0 Å². The summed E-state index contributed by atoms with van der Waals surface area (Å²) in [4.78, 5) is 62.4. The van der Waals surface area contributed by atoms with Crippen molar-refractivity contribution in [2.75, 3.05) is 11.5 Å². The lowest BCUT2D eigenvalue weighted by Crippen LogP contribution is -2.40. The summed E-state index contributed by atoms with van der Waals surface area (Å²) >= 11 is 0. The molecule has 1 aliphatic heterocycles. The third-order valence-corrected chi connectivity index (χ3v) is 7.76. The smallest absolute Gasteiger partial charge is 0.338 e. The Morgan fingerprint density at radius 1 is 0.886 bits per heavy atom. The fourth-order valence-electron chi connectivity index (χ4n) is 6.02. The van der Waals surface area contributed by atoms with Crippen LogP contribution in [0.2, 0.25) is 0 Å². The van der Waals surface area contributed by atoms with Crippen LogP contribution in [0.1, 0.15) is 27.1 Å². The van der Waals surface area contributed by atoms with Gasteiger partial charge in [-0.1, -0.05) is 12.2 Å². The molecule has 0 N–H and O–H groups in total. The number of imide groups is 1. The molecule has 9 nitrogen and oxygen atoms in total. The molecule has 2 bridgehead atoms. The molecule has 2 aromatic carbocycles. The molecule has 1 heterocycles. The van der Waals surface area contributed by atoms with E-state index in [0.717, 1.165) is 6.42 Å². The summed E-state index contributed by atoms with van der Waals surface area (Å²) in [5.41, 5.74) is 0.631. The topological polar surface area (TPSA) is 124 Å². The molecule has 6 atom stereocenters. The van der Waals surface area contributed by atoms with Gasteiger partial charge in [-0.05, 0) is 66.5 Å². The number of amides is 2. The van der Waals surface area contributed by atoms with Crippen LogP contribution in [-0.4, -0.2) is 35.1 Å². The number of esters is 1. The van der Waals surface area contributed by atoms with E-state index >= 15 is 0 Å². The zero-order valence-electron chi connectivity index (χ0n) is 18.4. The second kappa shape index (κ2) is 7.69. The number of ketones is 1. The van der Waals surface area contributed by atoms with E-state index in [0.29, 0.717) is 17.5 Å². The van der Waals surface area contributed by atoms with Crippen molar-refractivity contribution in [3.05, 3.63) is 81.9 Å². The van der Waals surface area contributed by atoms with Gasteiger partial charge in [-0.15, -0.1) is 0 Å². The minimum Gasteiger partial charge on any atom is -0.454 e. The van der Waals surface area contributed by atoms with Crippen LogP contribution in [0.25, 0.3) is 0 Å². The molecule has 2 aromatic rings. The monoisotopic (exact) mass is 472 g/mol. The number of non-ortho nitro benzene ring substituents is 1. The minimum absolute atomic E-state index is 0.138. The maximum Gasteiger partial charge on any atom is 0.338 e. The van der Waals surface area contributed by atoms with E-state index in [2.05, 4.69) is 12.2 Å². The molecule has 0 radical (unpaired) electrons. The van der Waals surface area contributed by atoms with Crippen molar-refractivity contribution in [3.8, 4) is 0 Å². The van der Waals surface area contributed by atoms with Gasteiger partial charge < -0.3 is 4.74 Å². The van der Waals surface area contributed by atoms with Gasteiger partial charge in [-0.25, -0.2) is 4.79 Å². The van der Waals surface area contributed by atoms with E-state index in [1.807, 2.05) is 0 Å². The van der Waals surface area contributed by atoms with Gasteiger partial charge in [-0.2, -0.15) is 0 Å². The highest BCUT2D eigenvalue weighted by Gasteiger charge is 2.67. The summed E-state index contributed by atoms with van der Waals surface area (Å²) in [5.74, 6) is -0.848. The molecule has 7 rings (SSSR count). The SMILES string of the molecule is O=C(COC(=O)c1ccc(N2C(=O)[C@@H]3[C@H]4C=C[C@@H]([C@@H]5C[C@H]45)[C@H]3C2=O)cc1)c1ccc([N+](=O)[O-])cc1. The number of carbonyl (C=O) groups excluding carboxylic acids is 4. The molecule has 0 spiro atoms. The average Bonchev–Trinajstić information content (AvgIpc) is 3.65. The maximum atomic E-state index is 13.2. The summed E-state index contributed by atoms with van der Waals surface area (Å²) in [6.07, 6.45) is 5.33. The van der Waals surface area contributed by atoms with Crippen molar-refractivity contribution in [3.63, 3.8) is 0 Å². The number of rotatable bonds is 6. The largest absolute Gasteiger partial charge is 0.454 e. The maximum absolute atomic E-state index is 13.2. The Balaban J connectivity index is 1.11. The summed E-state index contributed by atoms with van der Waals surface area (Å²) < 4.78 is 5.08. The molecule has 1 saturated heterocycles. The molecule has 3 fully saturated rings. The van der Waals surface area contributed by atoms with E-state index in [1.54, 1.807) is 0 Å². The number of Topliss-reactive ketones (excluding diaryl/α,β-unsaturated/α-hetero) is 1. The van der Waals surface area contributed by atoms with Gasteiger partial charge in [0.2, 0.25) is 11.8 Å². The Morgan fingerprint density at radius 2 is 1.43 bits per heavy atom. The number of benzene rings is 2. The van der Waals surface area contributed by atoms with Gasteiger partial charge in [0, 0.05) is 17.7 Å². The second-order valence-corrected chi connectivity index (χ2v) is 9.52. The van der Waals surface area contributed by atoms with E-state index < -0.39 is 23.3 Å². The van der Waals surface area contributed by atoms with Crippen molar-refractivity contribution in [1.82, 2.24) is 0 Å². The van der Waals surface area contributed by atoms with Crippen molar-refractivity contribution < 1.29 is 28.8 Å². The fourth-order valence-corrected chi connectivity index (χ4v) is 6.02. The molecule has 35 heavy (non-hydrogen) atoms. The van der Waals surface area contributed by atoms with Crippen LogP contribution in [0.4, 0.5) is 11.4 Å². The van der Waals surface area contributed by atoms with E-state index in [9.17, 15) is 29.3 Å². The van der Waals surface area contributed by atoms with Gasteiger partial charge in [0.1, 0.15) is 0 Å².